The van der Waals surface area contributed by atoms with Gasteiger partial charge in [-0.3, -0.25) is 9.59 Å². The number of rotatable bonds is 22. The Balaban J connectivity index is 2.40. The molecule has 0 amide bonds. The van der Waals surface area contributed by atoms with Gasteiger partial charge in [0.25, 0.3) is 0 Å². The van der Waals surface area contributed by atoms with Crippen molar-refractivity contribution in [1.29, 1.82) is 0 Å². The van der Waals surface area contributed by atoms with E-state index in [1.807, 2.05) is 0 Å². The SMILES string of the molecule is C#CCOC(=O)C(C(=O)OCC#C)(c1cccc(OCCC(C)CCCC(C)C)c1)c1cccc(OCCC(C)CCCC(C)C)c1. The predicted molar refractivity (Wildman–Crippen MR) is 189 cm³/mol. The van der Waals surface area contributed by atoms with Crippen molar-refractivity contribution >= 4 is 11.9 Å². The van der Waals surface area contributed by atoms with Crippen molar-refractivity contribution in [1.82, 2.24) is 0 Å². The van der Waals surface area contributed by atoms with Crippen molar-refractivity contribution in [2.24, 2.45) is 23.7 Å². The second kappa shape index (κ2) is 21.1. The van der Waals surface area contributed by atoms with Crippen molar-refractivity contribution in [3.05, 3.63) is 59.7 Å². The highest BCUT2D eigenvalue weighted by atomic mass is 16.6. The van der Waals surface area contributed by atoms with Crippen LogP contribution in [-0.2, 0) is 24.5 Å². The van der Waals surface area contributed by atoms with Gasteiger partial charge in [0.1, 0.15) is 11.5 Å². The smallest absolute Gasteiger partial charge is 0.333 e. The zero-order valence-electron chi connectivity index (χ0n) is 29.5. The summed E-state index contributed by atoms with van der Waals surface area (Å²) in [6.07, 6.45) is 19.7. The number of carbonyl (C=O) groups is 2. The minimum absolute atomic E-state index is 0.319. The van der Waals surface area contributed by atoms with E-state index >= 15 is 0 Å². The summed E-state index contributed by atoms with van der Waals surface area (Å²) in [5.41, 5.74) is -1.39. The van der Waals surface area contributed by atoms with Crippen molar-refractivity contribution in [3.63, 3.8) is 0 Å². The van der Waals surface area contributed by atoms with E-state index in [1.54, 1.807) is 48.5 Å². The minimum Gasteiger partial charge on any atom is -0.494 e. The third-order valence-electron chi connectivity index (χ3n) is 8.44. The van der Waals surface area contributed by atoms with Crippen LogP contribution in [0.15, 0.2) is 48.5 Å². The molecule has 0 spiro atoms. The van der Waals surface area contributed by atoms with E-state index in [2.05, 4.69) is 53.4 Å². The lowest BCUT2D eigenvalue weighted by molar-refractivity contribution is -0.161. The number of hydrogen-bond donors (Lipinski definition) is 0. The fourth-order valence-corrected chi connectivity index (χ4v) is 5.58. The quantitative estimate of drug-likeness (QED) is 0.0725. The van der Waals surface area contributed by atoms with Gasteiger partial charge in [-0.05, 0) is 71.9 Å². The summed E-state index contributed by atoms with van der Waals surface area (Å²) in [5, 5.41) is 0. The molecule has 0 bridgehead atoms. The molecule has 0 aromatic heterocycles. The van der Waals surface area contributed by atoms with Gasteiger partial charge in [-0.1, -0.05) is 116 Å². The first-order valence-corrected chi connectivity index (χ1v) is 17.2. The van der Waals surface area contributed by atoms with Crippen molar-refractivity contribution in [2.75, 3.05) is 26.4 Å². The van der Waals surface area contributed by atoms with Gasteiger partial charge in [-0.2, -0.15) is 0 Å². The van der Waals surface area contributed by atoms with Crippen LogP contribution in [0.1, 0.15) is 104 Å². The fraction of sp³-hybridized carbons (Fsp3) is 0.561. The molecule has 2 rings (SSSR count). The molecule has 6 heteroatoms. The maximum atomic E-state index is 14.0. The minimum atomic E-state index is -2.03. The topological polar surface area (TPSA) is 71.1 Å². The maximum absolute atomic E-state index is 14.0. The molecule has 2 unspecified atom stereocenters. The monoisotopic (exact) mass is 644 g/mol. The largest absolute Gasteiger partial charge is 0.494 e. The predicted octanol–water partition coefficient (Wildman–Crippen LogP) is 8.79. The number of esters is 2. The van der Waals surface area contributed by atoms with Crippen molar-refractivity contribution < 1.29 is 28.5 Å². The van der Waals surface area contributed by atoms with Gasteiger partial charge in [0.15, 0.2) is 13.2 Å². The van der Waals surface area contributed by atoms with E-state index in [-0.39, 0.29) is 13.2 Å². The average molecular weight is 645 g/mol. The molecule has 0 saturated heterocycles. The normalized spacial score (nSPS) is 12.6. The van der Waals surface area contributed by atoms with Crippen LogP contribution in [0.5, 0.6) is 11.5 Å². The Labute approximate surface area is 284 Å². The van der Waals surface area contributed by atoms with E-state index in [1.165, 1.54) is 25.7 Å². The summed E-state index contributed by atoms with van der Waals surface area (Å²) in [4.78, 5) is 28.0. The third kappa shape index (κ3) is 13.0. The molecule has 0 saturated carbocycles. The standard InChI is InChI=1S/C41H56O6/c1-9-25-46-39(42)41(40(43)47-26-10-2,35-19-13-21-37(29-35)44-27-23-33(7)17-11-15-31(3)4)36-20-14-22-38(30-36)45-28-24-34(8)18-12-16-32(5)6/h1-2,13-14,19-22,29-34H,11-12,15-18,23-28H2,3-8H3. The molecular formula is C41H56O6. The average Bonchev–Trinajstić information content (AvgIpc) is 3.03. The Morgan fingerprint density at radius 3 is 1.40 bits per heavy atom. The Bertz CT molecular complexity index is 1210. The lowest BCUT2D eigenvalue weighted by Gasteiger charge is -2.30. The molecule has 0 aliphatic heterocycles. The van der Waals surface area contributed by atoms with Crippen LogP contribution in [-0.4, -0.2) is 38.4 Å². The summed E-state index contributed by atoms with van der Waals surface area (Å²) in [6.45, 7) is 13.8. The highest BCUT2D eigenvalue weighted by molar-refractivity contribution is 6.10. The molecule has 47 heavy (non-hydrogen) atoms. The fourth-order valence-electron chi connectivity index (χ4n) is 5.58. The highest BCUT2D eigenvalue weighted by Gasteiger charge is 2.53. The first-order valence-electron chi connectivity index (χ1n) is 17.2. The second-order valence-electron chi connectivity index (χ2n) is 13.5. The Morgan fingerprint density at radius 1 is 0.638 bits per heavy atom. The molecule has 0 radical (unpaired) electrons. The molecule has 2 aromatic rings. The Kier molecular flexibility index (Phi) is 17.6. The van der Waals surface area contributed by atoms with Crippen LogP contribution in [0.3, 0.4) is 0 Å². The number of hydrogen-bond acceptors (Lipinski definition) is 6. The lowest BCUT2D eigenvalue weighted by Crippen LogP contribution is -2.47. The van der Waals surface area contributed by atoms with E-state index in [4.69, 9.17) is 31.8 Å². The Hall–Kier alpha value is -3.90. The summed E-state index contributed by atoms with van der Waals surface area (Å²) in [5.74, 6) is 6.36. The molecule has 0 fully saturated rings. The lowest BCUT2D eigenvalue weighted by atomic mass is 9.74. The van der Waals surface area contributed by atoms with E-state index in [0.29, 0.717) is 59.5 Å². The van der Waals surface area contributed by atoms with Gasteiger partial charge in [0, 0.05) is 0 Å². The van der Waals surface area contributed by atoms with Crippen molar-refractivity contribution in [2.45, 2.75) is 98.3 Å². The first kappa shape index (κ1) is 39.3. The van der Waals surface area contributed by atoms with Crippen LogP contribution in [0.25, 0.3) is 0 Å². The van der Waals surface area contributed by atoms with Gasteiger partial charge in [-0.25, -0.2) is 0 Å². The maximum Gasteiger partial charge on any atom is 0.333 e. The summed E-state index contributed by atoms with van der Waals surface area (Å²) >= 11 is 0. The third-order valence-corrected chi connectivity index (χ3v) is 8.44. The van der Waals surface area contributed by atoms with E-state index in [0.717, 1.165) is 25.7 Å². The van der Waals surface area contributed by atoms with Crippen molar-refractivity contribution in [3.8, 4) is 36.2 Å². The van der Waals surface area contributed by atoms with Gasteiger partial charge in [0.2, 0.25) is 5.41 Å². The molecule has 0 aliphatic rings. The summed E-state index contributed by atoms with van der Waals surface area (Å²) in [6, 6.07) is 13.8. The molecule has 256 valence electrons. The molecule has 0 heterocycles. The Morgan fingerprint density at radius 2 is 1.04 bits per heavy atom. The zero-order chi connectivity index (χ0) is 34.7. The van der Waals surface area contributed by atoms with Gasteiger partial charge >= 0.3 is 11.9 Å². The summed E-state index contributed by atoms with van der Waals surface area (Å²) < 4.78 is 23.2. The highest BCUT2D eigenvalue weighted by Crippen LogP contribution is 2.39. The molecular weight excluding hydrogens is 588 g/mol. The first-order chi connectivity index (χ1) is 22.5. The number of terminal acetylenes is 2. The van der Waals surface area contributed by atoms with E-state index in [9.17, 15) is 9.59 Å². The summed E-state index contributed by atoms with van der Waals surface area (Å²) in [7, 11) is 0. The van der Waals surface area contributed by atoms with Crippen LogP contribution in [0.2, 0.25) is 0 Å². The van der Waals surface area contributed by atoms with Crippen LogP contribution < -0.4 is 9.47 Å². The number of carbonyl (C=O) groups excluding carboxylic acids is 2. The van der Waals surface area contributed by atoms with Crippen LogP contribution in [0.4, 0.5) is 0 Å². The van der Waals surface area contributed by atoms with Gasteiger partial charge in [-0.15, -0.1) is 12.8 Å². The molecule has 2 aromatic carbocycles. The van der Waals surface area contributed by atoms with Gasteiger partial charge < -0.3 is 18.9 Å². The van der Waals surface area contributed by atoms with Gasteiger partial charge in [0.05, 0.1) is 13.2 Å². The van der Waals surface area contributed by atoms with Crippen LogP contribution >= 0.6 is 0 Å². The van der Waals surface area contributed by atoms with Crippen LogP contribution in [0, 0.1) is 48.4 Å². The van der Waals surface area contributed by atoms with E-state index < -0.39 is 17.4 Å². The number of ether oxygens (including phenoxy) is 4. The molecule has 0 aliphatic carbocycles. The zero-order valence-corrected chi connectivity index (χ0v) is 29.5. The molecule has 6 nitrogen and oxygen atoms in total. The number of benzene rings is 2. The molecule has 2 atom stereocenters. The molecule has 0 N–H and O–H groups in total. The second-order valence-corrected chi connectivity index (χ2v) is 13.5.